The molecule has 1 aliphatic carbocycles. The Hall–Kier alpha value is -1.12. The van der Waals surface area contributed by atoms with Gasteiger partial charge in [-0.05, 0) is 25.2 Å². The third kappa shape index (κ3) is 1.39. The summed E-state index contributed by atoms with van der Waals surface area (Å²) in [4.78, 5) is 22.2. The molecule has 70 valence electrons. The number of nitrogens with one attached hydrogen (secondary N) is 1. The van der Waals surface area contributed by atoms with Crippen molar-refractivity contribution in [1.82, 2.24) is 5.32 Å². The molecule has 1 aliphatic heterocycles. The summed E-state index contributed by atoms with van der Waals surface area (Å²) in [5.41, 5.74) is 1.83. The summed E-state index contributed by atoms with van der Waals surface area (Å²) in [6, 6.07) is 0. The van der Waals surface area contributed by atoms with Crippen LogP contribution in [0, 0.1) is 11.8 Å². The van der Waals surface area contributed by atoms with Gasteiger partial charge < -0.3 is 0 Å². The Morgan fingerprint density at radius 3 is 2.46 bits per heavy atom. The number of rotatable bonds is 1. The first kappa shape index (κ1) is 8.48. The lowest BCUT2D eigenvalue weighted by Crippen LogP contribution is -2.19. The van der Waals surface area contributed by atoms with Gasteiger partial charge in [0.15, 0.2) is 0 Å². The summed E-state index contributed by atoms with van der Waals surface area (Å²) in [6.45, 7) is 4.14. The van der Waals surface area contributed by atoms with Gasteiger partial charge in [0.25, 0.3) is 5.91 Å². The summed E-state index contributed by atoms with van der Waals surface area (Å²) in [5, 5.41) is 2.31. The van der Waals surface area contributed by atoms with Crippen molar-refractivity contribution in [2.24, 2.45) is 11.8 Å². The normalized spacial score (nSPS) is 36.2. The van der Waals surface area contributed by atoms with Gasteiger partial charge in [0.2, 0.25) is 5.91 Å². The van der Waals surface area contributed by atoms with Gasteiger partial charge >= 0.3 is 0 Å². The summed E-state index contributed by atoms with van der Waals surface area (Å²) in [6.07, 6.45) is 1.45. The predicted octanol–water partition coefficient (Wildman–Crippen LogP) is 1.01. The molecule has 13 heavy (non-hydrogen) atoms. The lowest BCUT2D eigenvalue weighted by atomic mass is 10.0. The molecular formula is C10H13NO2. The van der Waals surface area contributed by atoms with Crippen LogP contribution in [0.1, 0.15) is 26.7 Å². The van der Waals surface area contributed by atoms with E-state index in [0.717, 1.165) is 12.0 Å². The Labute approximate surface area is 77.2 Å². The molecule has 0 radical (unpaired) electrons. The third-order valence-corrected chi connectivity index (χ3v) is 3.01. The maximum Gasteiger partial charge on any atom is 0.254 e. The second kappa shape index (κ2) is 2.69. The standard InChI is InChI=1S/C10H13NO2/c1-5-3-7(5)6(2)8-4-9(12)11-10(8)13/h5,7H,3-4H2,1-2H3,(H,11,12,13)/b8-6+. The molecular weight excluding hydrogens is 166 g/mol. The first-order valence-corrected chi connectivity index (χ1v) is 4.63. The highest BCUT2D eigenvalue weighted by molar-refractivity contribution is 6.13. The molecule has 1 heterocycles. The van der Waals surface area contributed by atoms with E-state index in [1.807, 2.05) is 6.92 Å². The van der Waals surface area contributed by atoms with Crippen molar-refractivity contribution >= 4 is 11.8 Å². The predicted molar refractivity (Wildman–Crippen MR) is 47.7 cm³/mol. The van der Waals surface area contributed by atoms with Gasteiger partial charge in [0.05, 0.1) is 6.42 Å². The molecule has 0 aromatic rings. The fourth-order valence-corrected chi connectivity index (χ4v) is 1.95. The van der Waals surface area contributed by atoms with Crippen molar-refractivity contribution in [3.63, 3.8) is 0 Å². The summed E-state index contributed by atoms with van der Waals surface area (Å²) in [5.74, 6) is 0.900. The van der Waals surface area contributed by atoms with Crippen LogP contribution in [0.2, 0.25) is 0 Å². The van der Waals surface area contributed by atoms with Gasteiger partial charge in [-0.25, -0.2) is 0 Å². The molecule has 1 saturated heterocycles. The van der Waals surface area contributed by atoms with Crippen LogP contribution in [0.5, 0.6) is 0 Å². The number of carbonyl (C=O) groups excluding carboxylic acids is 2. The van der Waals surface area contributed by atoms with E-state index < -0.39 is 0 Å². The zero-order chi connectivity index (χ0) is 9.59. The van der Waals surface area contributed by atoms with E-state index in [1.54, 1.807) is 0 Å². The van der Waals surface area contributed by atoms with E-state index in [-0.39, 0.29) is 18.2 Å². The molecule has 0 aromatic heterocycles. The van der Waals surface area contributed by atoms with Crippen molar-refractivity contribution < 1.29 is 9.59 Å². The molecule has 2 fully saturated rings. The minimum Gasteiger partial charge on any atom is -0.292 e. The summed E-state index contributed by atoms with van der Waals surface area (Å²) in [7, 11) is 0. The minimum absolute atomic E-state index is 0.160. The van der Waals surface area contributed by atoms with Crippen LogP contribution in [0.15, 0.2) is 11.1 Å². The summed E-state index contributed by atoms with van der Waals surface area (Å²) >= 11 is 0. The second-order valence-electron chi connectivity index (χ2n) is 4.04. The molecule has 0 spiro atoms. The van der Waals surface area contributed by atoms with Crippen molar-refractivity contribution in [3.05, 3.63) is 11.1 Å². The zero-order valence-corrected chi connectivity index (χ0v) is 7.89. The van der Waals surface area contributed by atoms with Crippen LogP contribution < -0.4 is 5.32 Å². The second-order valence-corrected chi connectivity index (χ2v) is 4.04. The van der Waals surface area contributed by atoms with E-state index in [4.69, 9.17) is 0 Å². The first-order valence-electron chi connectivity index (χ1n) is 4.63. The van der Waals surface area contributed by atoms with E-state index >= 15 is 0 Å². The molecule has 2 atom stereocenters. The highest BCUT2D eigenvalue weighted by atomic mass is 16.2. The fraction of sp³-hybridized carbons (Fsp3) is 0.600. The van der Waals surface area contributed by atoms with Gasteiger partial charge in [-0.15, -0.1) is 0 Å². The van der Waals surface area contributed by atoms with Crippen molar-refractivity contribution in [1.29, 1.82) is 0 Å². The Morgan fingerprint density at radius 2 is 2.08 bits per heavy atom. The first-order chi connectivity index (χ1) is 6.09. The monoisotopic (exact) mass is 179 g/mol. The Bertz CT molecular complexity index is 317. The maximum atomic E-state index is 11.3. The molecule has 2 aliphatic rings. The van der Waals surface area contributed by atoms with Gasteiger partial charge in [-0.2, -0.15) is 0 Å². The summed E-state index contributed by atoms with van der Waals surface area (Å²) < 4.78 is 0. The quantitative estimate of drug-likeness (QED) is 0.482. The van der Waals surface area contributed by atoms with Crippen LogP contribution >= 0.6 is 0 Å². The van der Waals surface area contributed by atoms with E-state index in [9.17, 15) is 9.59 Å². The molecule has 3 heteroatoms. The average molecular weight is 179 g/mol. The molecule has 2 unspecified atom stereocenters. The lowest BCUT2D eigenvalue weighted by Gasteiger charge is -2.00. The average Bonchev–Trinajstić information content (AvgIpc) is 2.67. The van der Waals surface area contributed by atoms with Crippen molar-refractivity contribution in [2.75, 3.05) is 0 Å². The Kier molecular flexibility index (Phi) is 1.75. The van der Waals surface area contributed by atoms with Crippen LogP contribution in [-0.2, 0) is 9.59 Å². The number of hydrogen-bond donors (Lipinski definition) is 1. The highest BCUT2D eigenvalue weighted by Gasteiger charge is 2.38. The number of allylic oxidation sites excluding steroid dienone is 1. The van der Waals surface area contributed by atoms with Crippen LogP contribution in [0.4, 0.5) is 0 Å². The Morgan fingerprint density at radius 1 is 1.46 bits per heavy atom. The maximum absolute atomic E-state index is 11.3. The van der Waals surface area contributed by atoms with Crippen molar-refractivity contribution in [3.8, 4) is 0 Å². The highest BCUT2D eigenvalue weighted by Crippen LogP contribution is 2.45. The van der Waals surface area contributed by atoms with Gasteiger partial charge in [0, 0.05) is 5.57 Å². The van der Waals surface area contributed by atoms with Gasteiger partial charge in [0.1, 0.15) is 0 Å². The molecule has 2 amide bonds. The molecule has 2 rings (SSSR count). The smallest absolute Gasteiger partial charge is 0.254 e. The van der Waals surface area contributed by atoms with Crippen LogP contribution in [-0.4, -0.2) is 11.8 Å². The van der Waals surface area contributed by atoms with E-state index in [2.05, 4.69) is 12.2 Å². The molecule has 0 bridgehead atoms. The molecule has 0 aromatic carbocycles. The van der Waals surface area contributed by atoms with Gasteiger partial charge in [-0.3, -0.25) is 14.9 Å². The molecule has 1 N–H and O–H groups in total. The van der Waals surface area contributed by atoms with Crippen molar-refractivity contribution in [2.45, 2.75) is 26.7 Å². The zero-order valence-electron chi connectivity index (χ0n) is 7.89. The number of imide groups is 1. The number of amides is 2. The van der Waals surface area contributed by atoms with Gasteiger partial charge in [-0.1, -0.05) is 12.5 Å². The largest absolute Gasteiger partial charge is 0.292 e. The number of hydrogen-bond acceptors (Lipinski definition) is 2. The third-order valence-electron chi connectivity index (χ3n) is 3.01. The fourth-order valence-electron chi connectivity index (χ4n) is 1.95. The van der Waals surface area contributed by atoms with Crippen LogP contribution in [0.25, 0.3) is 0 Å². The van der Waals surface area contributed by atoms with Crippen LogP contribution in [0.3, 0.4) is 0 Å². The Balaban J connectivity index is 2.23. The van der Waals surface area contributed by atoms with E-state index in [0.29, 0.717) is 17.4 Å². The minimum atomic E-state index is -0.179. The SMILES string of the molecule is C/C(=C1/CC(=O)NC1=O)C1CC1C. The number of carbonyl (C=O) groups is 2. The topological polar surface area (TPSA) is 46.2 Å². The molecule has 1 saturated carbocycles. The molecule has 3 nitrogen and oxygen atoms in total. The van der Waals surface area contributed by atoms with E-state index in [1.165, 1.54) is 0 Å². The lowest BCUT2D eigenvalue weighted by molar-refractivity contribution is -0.124.